The molecule has 86 valence electrons. The van der Waals surface area contributed by atoms with E-state index in [0.717, 1.165) is 17.9 Å². The first-order valence-corrected chi connectivity index (χ1v) is 6.68. The van der Waals surface area contributed by atoms with Crippen LogP contribution in [0, 0.1) is 11.8 Å². The van der Waals surface area contributed by atoms with Crippen molar-refractivity contribution in [3.63, 3.8) is 0 Å². The fourth-order valence-corrected chi connectivity index (χ4v) is 2.95. The predicted molar refractivity (Wildman–Crippen MR) is 65.9 cm³/mol. The number of hydrogen-bond acceptors (Lipinski definition) is 1. The van der Waals surface area contributed by atoms with Gasteiger partial charge in [-0.2, -0.15) is 0 Å². The number of hydrogen-bond donors (Lipinski definition) is 1. The first-order chi connectivity index (χ1) is 7.25. The van der Waals surface area contributed by atoms with Gasteiger partial charge in [-0.25, -0.2) is 0 Å². The quantitative estimate of drug-likeness (QED) is 0.683. The molecule has 0 amide bonds. The Morgan fingerprint density at radius 3 is 2.60 bits per heavy atom. The van der Waals surface area contributed by atoms with E-state index < -0.39 is 0 Å². The number of rotatable bonds is 2. The van der Waals surface area contributed by atoms with Crippen LogP contribution in [0.2, 0.25) is 0 Å². The van der Waals surface area contributed by atoms with Crippen LogP contribution in [0.5, 0.6) is 0 Å². The molecule has 15 heavy (non-hydrogen) atoms. The molecule has 1 fully saturated rings. The summed E-state index contributed by atoms with van der Waals surface area (Å²) in [5.74, 6) is 1.84. The predicted octanol–water partition coefficient (Wildman–Crippen LogP) is 3.51. The van der Waals surface area contributed by atoms with Gasteiger partial charge in [0.15, 0.2) is 0 Å². The van der Waals surface area contributed by atoms with E-state index in [0.29, 0.717) is 6.04 Å². The summed E-state index contributed by atoms with van der Waals surface area (Å²) in [6.45, 7) is 4.82. The van der Waals surface area contributed by atoms with Gasteiger partial charge < -0.3 is 5.32 Å². The van der Waals surface area contributed by atoms with Crippen molar-refractivity contribution >= 4 is 0 Å². The highest BCUT2D eigenvalue weighted by molar-refractivity contribution is 4.99. The van der Waals surface area contributed by atoms with Gasteiger partial charge in [0.05, 0.1) is 0 Å². The lowest BCUT2D eigenvalue weighted by Gasteiger charge is -2.35. The molecular formula is C14H25N. The summed E-state index contributed by atoms with van der Waals surface area (Å²) >= 11 is 0. The fraction of sp³-hybridized carbons (Fsp3) is 0.857. The van der Waals surface area contributed by atoms with Crippen molar-refractivity contribution in [2.24, 2.45) is 11.8 Å². The van der Waals surface area contributed by atoms with Crippen LogP contribution >= 0.6 is 0 Å². The first-order valence-electron chi connectivity index (χ1n) is 6.68. The molecule has 0 spiro atoms. The van der Waals surface area contributed by atoms with Crippen molar-refractivity contribution < 1.29 is 0 Å². The van der Waals surface area contributed by atoms with Crippen molar-refractivity contribution in [3.8, 4) is 0 Å². The summed E-state index contributed by atoms with van der Waals surface area (Å²) in [7, 11) is 0. The minimum atomic E-state index is 0.671. The summed E-state index contributed by atoms with van der Waals surface area (Å²) in [4.78, 5) is 0. The largest absolute Gasteiger partial charge is 0.308 e. The van der Waals surface area contributed by atoms with E-state index in [1.807, 2.05) is 0 Å². The molecular weight excluding hydrogens is 182 g/mol. The fourth-order valence-electron chi connectivity index (χ4n) is 2.95. The van der Waals surface area contributed by atoms with Gasteiger partial charge in [-0.3, -0.25) is 0 Å². The molecule has 4 unspecified atom stereocenters. The summed E-state index contributed by atoms with van der Waals surface area (Å²) < 4.78 is 0. The van der Waals surface area contributed by atoms with Crippen LogP contribution in [0.15, 0.2) is 12.2 Å². The molecule has 2 rings (SSSR count). The molecule has 0 aliphatic heterocycles. The van der Waals surface area contributed by atoms with Gasteiger partial charge in [0, 0.05) is 12.1 Å². The smallest absolute Gasteiger partial charge is 0.0252 e. The van der Waals surface area contributed by atoms with Gasteiger partial charge in [-0.1, -0.05) is 26.0 Å². The molecule has 1 N–H and O–H groups in total. The van der Waals surface area contributed by atoms with E-state index in [4.69, 9.17) is 0 Å². The van der Waals surface area contributed by atoms with Crippen molar-refractivity contribution in [3.05, 3.63) is 12.2 Å². The number of allylic oxidation sites excluding steroid dienone is 1. The molecule has 0 radical (unpaired) electrons. The molecule has 0 bridgehead atoms. The summed E-state index contributed by atoms with van der Waals surface area (Å²) in [6.07, 6.45) is 12.9. The van der Waals surface area contributed by atoms with Crippen LogP contribution in [0.3, 0.4) is 0 Å². The minimum absolute atomic E-state index is 0.671. The average Bonchev–Trinajstić information content (AvgIpc) is 2.25. The Kier molecular flexibility index (Phi) is 3.85. The first kappa shape index (κ1) is 11.2. The van der Waals surface area contributed by atoms with Crippen LogP contribution in [0.1, 0.15) is 52.4 Å². The van der Waals surface area contributed by atoms with Crippen LogP contribution in [0.25, 0.3) is 0 Å². The Balaban J connectivity index is 1.79. The number of nitrogens with one attached hydrogen (secondary N) is 1. The van der Waals surface area contributed by atoms with Crippen LogP contribution < -0.4 is 5.32 Å². The Morgan fingerprint density at radius 1 is 1.07 bits per heavy atom. The van der Waals surface area contributed by atoms with Gasteiger partial charge in [0.2, 0.25) is 0 Å². The Labute approximate surface area is 94.3 Å². The van der Waals surface area contributed by atoms with Gasteiger partial charge in [0.1, 0.15) is 0 Å². The molecule has 4 atom stereocenters. The lowest BCUT2D eigenvalue weighted by molar-refractivity contribution is 0.218. The second-order valence-corrected chi connectivity index (χ2v) is 5.60. The molecule has 1 heteroatoms. The maximum Gasteiger partial charge on any atom is 0.0252 e. The molecule has 1 saturated carbocycles. The van der Waals surface area contributed by atoms with Crippen molar-refractivity contribution in [2.45, 2.75) is 64.5 Å². The topological polar surface area (TPSA) is 12.0 Å². The lowest BCUT2D eigenvalue weighted by atomic mass is 9.79. The molecule has 0 aromatic carbocycles. The van der Waals surface area contributed by atoms with Crippen molar-refractivity contribution in [2.75, 3.05) is 0 Å². The van der Waals surface area contributed by atoms with Gasteiger partial charge in [-0.05, 0) is 50.4 Å². The molecule has 0 saturated heterocycles. The zero-order chi connectivity index (χ0) is 10.7. The molecule has 1 nitrogen and oxygen atoms in total. The average molecular weight is 207 g/mol. The van der Waals surface area contributed by atoms with Crippen LogP contribution in [-0.4, -0.2) is 12.1 Å². The Hall–Kier alpha value is -0.300. The van der Waals surface area contributed by atoms with E-state index in [-0.39, 0.29) is 0 Å². The maximum atomic E-state index is 3.82. The van der Waals surface area contributed by atoms with Gasteiger partial charge in [0.25, 0.3) is 0 Å². The van der Waals surface area contributed by atoms with Crippen molar-refractivity contribution in [1.82, 2.24) is 5.32 Å². The minimum Gasteiger partial charge on any atom is -0.308 e. The van der Waals surface area contributed by atoms with Crippen LogP contribution in [0.4, 0.5) is 0 Å². The molecule has 2 aliphatic rings. The Bertz CT molecular complexity index is 221. The highest BCUT2D eigenvalue weighted by Gasteiger charge is 2.25. The third-order valence-corrected chi connectivity index (χ3v) is 4.30. The van der Waals surface area contributed by atoms with E-state index in [9.17, 15) is 0 Å². The normalized spacial score (nSPS) is 41.7. The van der Waals surface area contributed by atoms with Gasteiger partial charge >= 0.3 is 0 Å². The molecule has 0 aromatic rings. The zero-order valence-electron chi connectivity index (χ0n) is 10.2. The third-order valence-electron chi connectivity index (χ3n) is 4.30. The van der Waals surface area contributed by atoms with Gasteiger partial charge in [-0.15, -0.1) is 0 Å². The second kappa shape index (κ2) is 5.16. The highest BCUT2D eigenvalue weighted by atomic mass is 14.9. The zero-order valence-corrected chi connectivity index (χ0v) is 10.2. The Morgan fingerprint density at radius 2 is 1.93 bits per heavy atom. The summed E-state index contributed by atoms with van der Waals surface area (Å²) in [5.41, 5.74) is 0. The maximum absolute atomic E-state index is 3.82. The SMILES string of the molecule is CC1CCC(NC2C=CCCC2)CC1C. The van der Waals surface area contributed by atoms with E-state index in [2.05, 4.69) is 31.3 Å². The third kappa shape index (κ3) is 3.07. The van der Waals surface area contributed by atoms with E-state index >= 15 is 0 Å². The second-order valence-electron chi connectivity index (χ2n) is 5.60. The molecule has 0 heterocycles. The lowest BCUT2D eigenvalue weighted by Crippen LogP contribution is -2.42. The van der Waals surface area contributed by atoms with E-state index in [1.165, 1.54) is 38.5 Å². The molecule has 2 aliphatic carbocycles. The molecule has 0 aromatic heterocycles. The van der Waals surface area contributed by atoms with Crippen LogP contribution in [-0.2, 0) is 0 Å². The summed E-state index contributed by atoms with van der Waals surface area (Å²) in [5, 5.41) is 3.82. The standard InChI is InChI=1S/C14H25N/c1-11-8-9-14(10-12(11)2)15-13-6-4-3-5-7-13/h4,6,11-15H,3,5,7-10H2,1-2H3. The van der Waals surface area contributed by atoms with E-state index in [1.54, 1.807) is 0 Å². The highest BCUT2D eigenvalue weighted by Crippen LogP contribution is 2.29. The monoisotopic (exact) mass is 207 g/mol. The summed E-state index contributed by atoms with van der Waals surface area (Å²) in [6, 6.07) is 1.45. The van der Waals surface area contributed by atoms with Crippen molar-refractivity contribution in [1.29, 1.82) is 0 Å².